The third-order valence-electron chi connectivity index (χ3n) is 8.87. The first-order chi connectivity index (χ1) is 20.7. The molecule has 1 aliphatic carbocycles. The number of carbonyl (C=O) groups is 2. The molecule has 2 amide bonds. The predicted molar refractivity (Wildman–Crippen MR) is 160 cm³/mol. The van der Waals surface area contributed by atoms with E-state index in [1.165, 1.54) is 25.4 Å². The van der Waals surface area contributed by atoms with E-state index in [9.17, 15) is 9.59 Å². The Hall–Kier alpha value is -3.96. The standard InChI is InChI=1S/C31H34ClFN6O4/c1-38-13-9-18(10-14-38)35-27(40)19-15-25(42-3)23(16-22(19)33)36-30-34-17-21(32)28(37-30)43-24-8-6-7-20-26(24)29(41)39(2)31(20)11-4-5-12-31/h6-8,15-18H,4-5,9-14H2,1-3H3,(H,35,40)(H,34,36,37). The highest BCUT2D eigenvalue weighted by Gasteiger charge is 2.50. The Kier molecular flexibility index (Phi) is 7.87. The molecule has 3 aromatic rings. The largest absolute Gasteiger partial charge is 0.495 e. The molecule has 2 N–H and O–H groups in total. The molecule has 0 bridgehead atoms. The Morgan fingerprint density at radius 3 is 2.60 bits per heavy atom. The fourth-order valence-electron chi connectivity index (χ4n) is 6.45. The summed E-state index contributed by atoms with van der Waals surface area (Å²) in [6.45, 7) is 1.74. The lowest BCUT2D eigenvalue weighted by Gasteiger charge is -2.32. The summed E-state index contributed by atoms with van der Waals surface area (Å²) < 4.78 is 26.8. The van der Waals surface area contributed by atoms with Crippen LogP contribution in [0.25, 0.3) is 0 Å². The number of carbonyl (C=O) groups excluding carboxylic acids is 2. The maximum Gasteiger partial charge on any atom is 0.258 e. The number of anilines is 2. The van der Waals surface area contributed by atoms with Gasteiger partial charge in [-0.15, -0.1) is 0 Å². The van der Waals surface area contributed by atoms with Gasteiger partial charge in [0.25, 0.3) is 11.8 Å². The predicted octanol–water partition coefficient (Wildman–Crippen LogP) is 5.49. The molecule has 0 radical (unpaired) electrons. The monoisotopic (exact) mass is 608 g/mol. The summed E-state index contributed by atoms with van der Waals surface area (Å²) in [6, 6.07) is 8.08. The average Bonchev–Trinajstić information content (AvgIpc) is 3.57. The lowest BCUT2D eigenvalue weighted by molar-refractivity contribution is 0.0640. The summed E-state index contributed by atoms with van der Waals surface area (Å²) in [4.78, 5) is 38.9. The maximum absolute atomic E-state index is 15.2. The van der Waals surface area contributed by atoms with Gasteiger partial charge in [0.2, 0.25) is 11.8 Å². The highest BCUT2D eigenvalue weighted by atomic mass is 35.5. The van der Waals surface area contributed by atoms with Crippen LogP contribution in [-0.4, -0.2) is 71.9 Å². The fraction of sp³-hybridized carbons (Fsp3) is 0.419. The van der Waals surface area contributed by atoms with Crippen LogP contribution in [0.4, 0.5) is 16.0 Å². The number of aromatic nitrogens is 2. The topological polar surface area (TPSA) is 109 Å². The quantitative estimate of drug-likeness (QED) is 0.362. The minimum atomic E-state index is -0.720. The van der Waals surface area contributed by atoms with Gasteiger partial charge in [-0.2, -0.15) is 4.98 Å². The molecule has 3 heterocycles. The van der Waals surface area contributed by atoms with Gasteiger partial charge < -0.3 is 29.9 Å². The van der Waals surface area contributed by atoms with Crippen LogP contribution < -0.4 is 20.1 Å². The number of piperidine rings is 1. The molecule has 2 fully saturated rings. The Morgan fingerprint density at radius 2 is 1.88 bits per heavy atom. The molecule has 12 heteroatoms. The summed E-state index contributed by atoms with van der Waals surface area (Å²) in [5, 5.41) is 6.00. The van der Waals surface area contributed by atoms with Crippen molar-refractivity contribution < 1.29 is 23.5 Å². The minimum Gasteiger partial charge on any atom is -0.495 e. The summed E-state index contributed by atoms with van der Waals surface area (Å²) in [6.07, 6.45) is 6.89. The Labute approximate surface area is 254 Å². The van der Waals surface area contributed by atoms with Crippen LogP contribution >= 0.6 is 11.6 Å². The molecule has 0 atom stereocenters. The maximum atomic E-state index is 15.2. The van der Waals surface area contributed by atoms with E-state index >= 15 is 4.39 Å². The highest BCUT2D eigenvalue weighted by Crippen LogP contribution is 2.51. The van der Waals surface area contributed by atoms with Crippen molar-refractivity contribution in [3.8, 4) is 17.4 Å². The first kappa shape index (κ1) is 29.1. The number of methoxy groups -OCH3 is 1. The smallest absolute Gasteiger partial charge is 0.258 e. The molecule has 10 nitrogen and oxygen atoms in total. The summed E-state index contributed by atoms with van der Waals surface area (Å²) >= 11 is 6.41. The van der Waals surface area contributed by atoms with Crippen molar-refractivity contribution in [2.75, 3.05) is 39.6 Å². The van der Waals surface area contributed by atoms with Crippen molar-refractivity contribution in [3.05, 3.63) is 64.1 Å². The van der Waals surface area contributed by atoms with Gasteiger partial charge in [0.05, 0.1) is 35.7 Å². The number of nitrogens with one attached hydrogen (secondary N) is 2. The zero-order valence-corrected chi connectivity index (χ0v) is 25.1. The summed E-state index contributed by atoms with van der Waals surface area (Å²) in [5.74, 6) is -0.641. The zero-order valence-electron chi connectivity index (χ0n) is 24.4. The molecule has 1 saturated carbocycles. The lowest BCUT2D eigenvalue weighted by atomic mass is 9.88. The number of benzene rings is 2. The van der Waals surface area contributed by atoms with Gasteiger partial charge in [-0.25, -0.2) is 9.37 Å². The van der Waals surface area contributed by atoms with E-state index < -0.39 is 11.7 Å². The Balaban J connectivity index is 1.23. The number of nitrogens with zero attached hydrogens (tertiary/aromatic N) is 4. The van der Waals surface area contributed by atoms with E-state index in [2.05, 4.69) is 25.5 Å². The average molecular weight is 609 g/mol. The fourth-order valence-corrected chi connectivity index (χ4v) is 6.58. The number of halogens is 2. The first-order valence-electron chi connectivity index (χ1n) is 14.5. The van der Waals surface area contributed by atoms with Crippen molar-refractivity contribution in [2.24, 2.45) is 0 Å². The van der Waals surface area contributed by atoms with Crippen LogP contribution in [0, 0.1) is 5.82 Å². The van der Waals surface area contributed by atoms with E-state index in [-0.39, 0.29) is 51.3 Å². The number of ether oxygens (including phenoxy) is 2. The number of likely N-dealkylation sites (tertiary alicyclic amines) is 1. The molecule has 43 heavy (non-hydrogen) atoms. The molecule has 0 unspecified atom stereocenters. The molecular formula is C31H34ClFN6O4. The van der Waals surface area contributed by atoms with Crippen molar-refractivity contribution >= 4 is 35.1 Å². The van der Waals surface area contributed by atoms with Gasteiger partial charge in [0, 0.05) is 19.2 Å². The van der Waals surface area contributed by atoms with Gasteiger partial charge in [-0.1, -0.05) is 36.6 Å². The van der Waals surface area contributed by atoms with Crippen LogP contribution in [0.15, 0.2) is 36.5 Å². The van der Waals surface area contributed by atoms with E-state index in [4.69, 9.17) is 21.1 Å². The molecule has 2 aromatic carbocycles. The van der Waals surface area contributed by atoms with Crippen molar-refractivity contribution in [2.45, 2.75) is 50.1 Å². The molecule has 1 spiro atoms. The molecule has 6 rings (SSSR count). The summed E-state index contributed by atoms with van der Waals surface area (Å²) in [7, 11) is 5.30. The van der Waals surface area contributed by atoms with Crippen LogP contribution in [0.1, 0.15) is 64.8 Å². The molecular weight excluding hydrogens is 575 g/mol. The van der Waals surface area contributed by atoms with E-state index in [1.54, 1.807) is 6.07 Å². The number of hydrogen-bond donors (Lipinski definition) is 2. The molecule has 2 aliphatic heterocycles. The lowest BCUT2D eigenvalue weighted by Crippen LogP contribution is -2.43. The van der Waals surface area contributed by atoms with Gasteiger partial charge in [-0.05, 0) is 63.5 Å². The zero-order chi connectivity index (χ0) is 30.3. The van der Waals surface area contributed by atoms with Crippen molar-refractivity contribution in [3.63, 3.8) is 0 Å². The summed E-state index contributed by atoms with van der Waals surface area (Å²) in [5.41, 5.74) is 1.25. The van der Waals surface area contributed by atoms with Crippen LogP contribution in [-0.2, 0) is 5.54 Å². The number of rotatable bonds is 7. The Morgan fingerprint density at radius 1 is 1.14 bits per heavy atom. The first-order valence-corrected chi connectivity index (χ1v) is 14.8. The van der Waals surface area contributed by atoms with Gasteiger partial charge >= 0.3 is 0 Å². The normalized spacial score (nSPS) is 18.2. The van der Waals surface area contributed by atoms with E-state index in [0.29, 0.717) is 11.3 Å². The van der Waals surface area contributed by atoms with Gasteiger partial charge in [0.15, 0.2) is 0 Å². The van der Waals surface area contributed by atoms with Crippen LogP contribution in [0.3, 0.4) is 0 Å². The van der Waals surface area contributed by atoms with E-state index in [1.807, 2.05) is 31.1 Å². The minimum absolute atomic E-state index is 0.0157. The molecule has 226 valence electrons. The van der Waals surface area contributed by atoms with E-state index in [0.717, 1.165) is 57.2 Å². The van der Waals surface area contributed by atoms with Crippen molar-refractivity contribution in [1.29, 1.82) is 0 Å². The second-order valence-corrected chi connectivity index (χ2v) is 11.8. The van der Waals surface area contributed by atoms with Gasteiger partial charge in [0.1, 0.15) is 22.3 Å². The highest BCUT2D eigenvalue weighted by molar-refractivity contribution is 6.31. The second kappa shape index (κ2) is 11.6. The molecule has 1 saturated heterocycles. The van der Waals surface area contributed by atoms with Crippen LogP contribution in [0.2, 0.25) is 5.02 Å². The van der Waals surface area contributed by atoms with Gasteiger partial charge in [-0.3, -0.25) is 9.59 Å². The molecule has 1 aromatic heterocycles. The Bertz CT molecular complexity index is 1570. The van der Waals surface area contributed by atoms with Crippen LogP contribution in [0.5, 0.6) is 17.4 Å². The third kappa shape index (κ3) is 5.36. The number of amides is 2. The SMILES string of the molecule is COc1cc(C(=O)NC2CCN(C)CC2)c(F)cc1Nc1ncc(Cl)c(Oc2cccc3c2C(=O)N(C)C32CCCC2)n1. The molecule has 3 aliphatic rings. The number of fused-ring (bicyclic) bond motifs is 2. The third-order valence-corrected chi connectivity index (χ3v) is 9.13. The number of hydrogen-bond acceptors (Lipinski definition) is 8. The van der Waals surface area contributed by atoms with Crippen molar-refractivity contribution in [1.82, 2.24) is 25.1 Å². The second-order valence-electron chi connectivity index (χ2n) is 11.4.